The molecule has 0 aliphatic carbocycles. The minimum absolute atomic E-state index is 0.0474. The van der Waals surface area contributed by atoms with Gasteiger partial charge in [-0.3, -0.25) is 9.59 Å². The number of carbonyl (C=O) groups excluding carboxylic acids is 3. The third kappa shape index (κ3) is 9.61. The highest BCUT2D eigenvalue weighted by Gasteiger charge is 2.35. The molecule has 2 unspecified atom stereocenters. The summed E-state index contributed by atoms with van der Waals surface area (Å²) < 4.78 is 5.35. The van der Waals surface area contributed by atoms with Crippen LogP contribution in [0.1, 0.15) is 63.3 Å². The molecule has 0 aliphatic heterocycles. The number of thiol groups is 1. The van der Waals surface area contributed by atoms with Gasteiger partial charge < -0.3 is 20.3 Å². The predicted molar refractivity (Wildman–Crippen MR) is 151 cm³/mol. The Kier molecular flexibility index (Phi) is 11.7. The Morgan fingerprint density at radius 3 is 2.41 bits per heavy atom. The smallest absolute Gasteiger partial charge is 0.408 e. The van der Waals surface area contributed by atoms with Gasteiger partial charge in [-0.1, -0.05) is 74.5 Å². The fourth-order valence-corrected chi connectivity index (χ4v) is 3.99. The molecule has 0 heterocycles. The van der Waals surface area contributed by atoms with E-state index in [9.17, 15) is 14.4 Å². The number of benzene rings is 2. The standard InChI is InChI=1S/C29H39N3O4S/c1-6-8-17-32(27(34)24(20-37)31-28(35)36-29(3,4)5)25(23-16-12-15-21(7-2)18-23)26(33)30-19-22-13-10-9-11-14-22/h7,9-16,18,24-25,37H,2,6,8,17,19-20H2,1,3-5H3,(H,30,33)(H,31,35). The zero-order valence-electron chi connectivity index (χ0n) is 22.2. The Balaban J connectivity index is 2.42. The van der Waals surface area contributed by atoms with Crippen LogP contribution in [0.25, 0.3) is 6.08 Å². The summed E-state index contributed by atoms with van der Waals surface area (Å²) in [7, 11) is 0. The van der Waals surface area contributed by atoms with Crippen LogP contribution >= 0.6 is 12.6 Å². The molecule has 0 fully saturated rings. The molecular formula is C29H39N3O4S. The first-order valence-electron chi connectivity index (χ1n) is 12.5. The first kappa shape index (κ1) is 30.0. The maximum atomic E-state index is 13.8. The molecule has 3 amide bonds. The monoisotopic (exact) mass is 525 g/mol. The summed E-state index contributed by atoms with van der Waals surface area (Å²) in [4.78, 5) is 41.5. The van der Waals surface area contributed by atoms with Crippen molar-refractivity contribution in [1.29, 1.82) is 0 Å². The number of carbonyl (C=O) groups is 3. The van der Waals surface area contributed by atoms with Gasteiger partial charge in [-0.15, -0.1) is 0 Å². The van der Waals surface area contributed by atoms with Crippen molar-refractivity contribution in [2.75, 3.05) is 12.3 Å². The Hall–Kier alpha value is -3.26. The van der Waals surface area contributed by atoms with Crippen LogP contribution in [0.5, 0.6) is 0 Å². The second-order valence-electron chi connectivity index (χ2n) is 9.75. The number of ether oxygens (including phenoxy) is 1. The third-order valence-corrected chi connectivity index (χ3v) is 5.90. The van der Waals surface area contributed by atoms with Crippen LogP contribution in [0.3, 0.4) is 0 Å². The molecule has 7 nitrogen and oxygen atoms in total. The van der Waals surface area contributed by atoms with Gasteiger partial charge in [0.05, 0.1) is 0 Å². The van der Waals surface area contributed by atoms with Crippen molar-refractivity contribution in [3.8, 4) is 0 Å². The van der Waals surface area contributed by atoms with Gasteiger partial charge in [0.2, 0.25) is 11.8 Å². The summed E-state index contributed by atoms with van der Waals surface area (Å²) >= 11 is 4.32. The van der Waals surface area contributed by atoms with Crippen LogP contribution in [0.2, 0.25) is 0 Å². The lowest BCUT2D eigenvalue weighted by Gasteiger charge is -2.34. The highest BCUT2D eigenvalue weighted by atomic mass is 32.1. The van der Waals surface area contributed by atoms with Gasteiger partial charge in [0.15, 0.2) is 0 Å². The lowest BCUT2D eigenvalue weighted by atomic mass is 10.00. The molecule has 0 saturated carbocycles. The van der Waals surface area contributed by atoms with E-state index < -0.39 is 29.7 Å². The Morgan fingerprint density at radius 2 is 1.81 bits per heavy atom. The van der Waals surface area contributed by atoms with Crippen LogP contribution in [-0.4, -0.2) is 46.7 Å². The second-order valence-corrected chi connectivity index (χ2v) is 10.1. The molecule has 2 rings (SSSR count). The Bertz CT molecular complexity index is 1050. The molecule has 0 saturated heterocycles. The van der Waals surface area contributed by atoms with Crippen LogP contribution in [0, 0.1) is 0 Å². The molecular weight excluding hydrogens is 486 g/mol. The molecule has 8 heteroatoms. The summed E-state index contributed by atoms with van der Waals surface area (Å²) in [5.74, 6) is -0.672. The topological polar surface area (TPSA) is 87.7 Å². The van der Waals surface area contributed by atoms with Crippen LogP contribution in [0.4, 0.5) is 4.79 Å². The summed E-state index contributed by atoms with van der Waals surface area (Å²) in [5.41, 5.74) is 1.71. The molecule has 200 valence electrons. The van der Waals surface area contributed by atoms with E-state index in [1.54, 1.807) is 26.8 Å². The fourth-order valence-electron chi connectivity index (χ4n) is 3.74. The number of nitrogens with one attached hydrogen (secondary N) is 2. The largest absolute Gasteiger partial charge is 0.444 e. The predicted octanol–water partition coefficient (Wildman–Crippen LogP) is 5.14. The molecule has 0 aromatic heterocycles. The van der Waals surface area contributed by atoms with Crippen molar-refractivity contribution >= 4 is 36.6 Å². The average Bonchev–Trinajstić information content (AvgIpc) is 2.87. The quantitative estimate of drug-likeness (QED) is 0.335. The summed E-state index contributed by atoms with van der Waals surface area (Å²) in [6, 6.07) is 15.1. The number of unbranched alkanes of at least 4 members (excludes halogenated alkanes) is 1. The number of alkyl carbamates (subject to hydrolysis) is 1. The van der Waals surface area contributed by atoms with E-state index >= 15 is 0 Å². The molecule has 0 aliphatic rings. The van der Waals surface area contributed by atoms with Gasteiger partial charge >= 0.3 is 6.09 Å². The summed E-state index contributed by atoms with van der Waals surface area (Å²) in [6.07, 6.45) is 2.48. The van der Waals surface area contributed by atoms with Crippen molar-refractivity contribution in [3.63, 3.8) is 0 Å². The van der Waals surface area contributed by atoms with Gasteiger partial charge in [-0.25, -0.2) is 4.79 Å². The molecule has 2 atom stereocenters. The van der Waals surface area contributed by atoms with Gasteiger partial charge in [-0.2, -0.15) is 12.6 Å². The first-order chi connectivity index (χ1) is 17.6. The lowest BCUT2D eigenvalue weighted by molar-refractivity contribution is -0.142. The van der Waals surface area contributed by atoms with E-state index in [1.807, 2.05) is 61.5 Å². The molecule has 37 heavy (non-hydrogen) atoms. The molecule has 0 radical (unpaired) electrons. The second kappa shape index (κ2) is 14.5. The van der Waals surface area contributed by atoms with Crippen LogP contribution in [-0.2, 0) is 20.9 Å². The Morgan fingerprint density at radius 1 is 1.11 bits per heavy atom. The van der Waals surface area contributed by atoms with E-state index in [2.05, 4.69) is 29.8 Å². The van der Waals surface area contributed by atoms with Gasteiger partial charge in [0, 0.05) is 18.8 Å². The minimum Gasteiger partial charge on any atom is -0.444 e. The number of hydrogen-bond donors (Lipinski definition) is 3. The molecule has 0 bridgehead atoms. The van der Waals surface area contributed by atoms with Crippen molar-refractivity contribution in [1.82, 2.24) is 15.5 Å². The lowest BCUT2D eigenvalue weighted by Crippen LogP contribution is -2.54. The van der Waals surface area contributed by atoms with Crippen molar-refractivity contribution in [2.24, 2.45) is 0 Å². The van der Waals surface area contributed by atoms with E-state index in [-0.39, 0.29) is 11.7 Å². The van der Waals surface area contributed by atoms with Crippen LogP contribution in [0.15, 0.2) is 61.2 Å². The Labute approximate surface area is 226 Å². The fraction of sp³-hybridized carbons (Fsp3) is 0.414. The highest BCUT2D eigenvalue weighted by molar-refractivity contribution is 7.80. The number of rotatable bonds is 12. The maximum Gasteiger partial charge on any atom is 0.408 e. The number of hydrogen-bond acceptors (Lipinski definition) is 5. The van der Waals surface area contributed by atoms with Crippen molar-refractivity contribution in [3.05, 3.63) is 77.9 Å². The summed E-state index contributed by atoms with van der Waals surface area (Å²) in [5, 5.41) is 5.61. The zero-order valence-corrected chi connectivity index (χ0v) is 23.1. The summed E-state index contributed by atoms with van der Waals surface area (Å²) in [6.45, 7) is 11.7. The zero-order chi connectivity index (χ0) is 27.4. The van der Waals surface area contributed by atoms with Gasteiger partial charge in [0.1, 0.15) is 17.7 Å². The molecule has 0 spiro atoms. The van der Waals surface area contributed by atoms with Gasteiger partial charge in [0.25, 0.3) is 0 Å². The van der Waals surface area contributed by atoms with Gasteiger partial charge in [-0.05, 0) is 49.9 Å². The minimum atomic E-state index is -0.970. The van der Waals surface area contributed by atoms with E-state index in [0.29, 0.717) is 25.1 Å². The normalized spacial score (nSPS) is 12.7. The van der Waals surface area contributed by atoms with Crippen molar-refractivity contribution in [2.45, 2.75) is 64.8 Å². The SMILES string of the molecule is C=Cc1cccc(C(C(=O)NCc2ccccc2)N(CCCC)C(=O)C(CS)NC(=O)OC(C)(C)C)c1. The number of amides is 3. The number of nitrogens with zero attached hydrogens (tertiary/aromatic N) is 1. The maximum absolute atomic E-state index is 13.8. The third-order valence-electron chi connectivity index (χ3n) is 5.54. The first-order valence-corrected chi connectivity index (χ1v) is 13.2. The highest BCUT2D eigenvalue weighted by Crippen LogP contribution is 2.25. The average molecular weight is 526 g/mol. The molecule has 2 N–H and O–H groups in total. The molecule has 2 aromatic rings. The van der Waals surface area contributed by atoms with E-state index in [4.69, 9.17) is 4.74 Å². The molecule has 2 aromatic carbocycles. The van der Waals surface area contributed by atoms with Crippen LogP contribution < -0.4 is 10.6 Å². The van der Waals surface area contributed by atoms with E-state index in [1.165, 1.54) is 4.90 Å². The van der Waals surface area contributed by atoms with E-state index in [0.717, 1.165) is 17.5 Å². The van der Waals surface area contributed by atoms with Crippen molar-refractivity contribution < 1.29 is 19.1 Å².